The fourth-order valence-corrected chi connectivity index (χ4v) is 2.50. The molecule has 0 unspecified atom stereocenters. The number of carbonyl (C=O) groups excluding carboxylic acids is 1. The van der Waals surface area contributed by atoms with Crippen LogP contribution < -0.4 is 5.32 Å². The first-order valence-electron chi connectivity index (χ1n) is 7.21. The van der Waals surface area contributed by atoms with Gasteiger partial charge in [-0.2, -0.15) is 0 Å². The Bertz CT molecular complexity index is 299. The summed E-state index contributed by atoms with van der Waals surface area (Å²) in [5, 5.41) is 11.8. The van der Waals surface area contributed by atoms with E-state index in [0.29, 0.717) is 12.5 Å². The summed E-state index contributed by atoms with van der Waals surface area (Å²) in [6.45, 7) is 5.06. The maximum Gasteiger partial charge on any atom is 0.317 e. The Morgan fingerprint density at radius 3 is 2.42 bits per heavy atom. The van der Waals surface area contributed by atoms with Crippen molar-refractivity contribution < 1.29 is 14.7 Å². The average Bonchev–Trinajstić information content (AvgIpc) is 2.80. The molecule has 0 bridgehead atoms. The van der Waals surface area contributed by atoms with Gasteiger partial charge < -0.3 is 10.4 Å². The molecule has 1 amide bonds. The van der Waals surface area contributed by atoms with E-state index in [-0.39, 0.29) is 25.0 Å². The molecule has 0 aromatic carbocycles. The normalized spacial score (nSPS) is 16.2. The highest BCUT2D eigenvalue weighted by Crippen LogP contribution is 2.23. The van der Waals surface area contributed by atoms with Crippen molar-refractivity contribution in [2.24, 2.45) is 5.92 Å². The van der Waals surface area contributed by atoms with Gasteiger partial charge in [-0.3, -0.25) is 14.5 Å². The van der Waals surface area contributed by atoms with Crippen LogP contribution in [-0.2, 0) is 9.59 Å². The number of nitrogens with one attached hydrogen (secondary N) is 1. The van der Waals surface area contributed by atoms with Crippen LogP contribution in [0.4, 0.5) is 0 Å². The highest BCUT2D eigenvalue weighted by Gasteiger charge is 2.25. The van der Waals surface area contributed by atoms with Crippen LogP contribution in [0.2, 0.25) is 0 Å². The van der Waals surface area contributed by atoms with Gasteiger partial charge in [0.25, 0.3) is 0 Å². The van der Waals surface area contributed by atoms with Crippen LogP contribution in [0.3, 0.4) is 0 Å². The second kappa shape index (κ2) is 8.15. The van der Waals surface area contributed by atoms with E-state index in [1.165, 1.54) is 0 Å². The molecule has 2 N–H and O–H groups in total. The highest BCUT2D eigenvalue weighted by atomic mass is 16.4. The Morgan fingerprint density at radius 2 is 1.89 bits per heavy atom. The van der Waals surface area contributed by atoms with Crippen LogP contribution >= 0.6 is 0 Å². The molecule has 1 rings (SSSR count). The topological polar surface area (TPSA) is 69.6 Å². The molecule has 0 heterocycles. The van der Waals surface area contributed by atoms with Gasteiger partial charge >= 0.3 is 5.97 Å². The van der Waals surface area contributed by atoms with Gasteiger partial charge in [0.05, 0.1) is 13.1 Å². The Morgan fingerprint density at radius 1 is 1.26 bits per heavy atom. The maximum atomic E-state index is 11.8. The second-order valence-corrected chi connectivity index (χ2v) is 5.77. The molecule has 1 saturated carbocycles. The van der Waals surface area contributed by atoms with Crippen LogP contribution in [-0.4, -0.2) is 47.6 Å². The molecular formula is C14H26N2O3. The number of carbonyl (C=O) groups is 2. The first-order valence-corrected chi connectivity index (χ1v) is 7.21. The standard InChI is InChI=1S/C14H26N2O3/c1-11(2)7-8-15-13(17)9-16(10-14(18)19)12-5-3-4-6-12/h11-12H,3-10H2,1-2H3,(H,15,17)(H,18,19). The third-order valence-electron chi connectivity index (χ3n) is 3.57. The van der Waals surface area contributed by atoms with Crippen molar-refractivity contribution in [1.29, 1.82) is 0 Å². The van der Waals surface area contributed by atoms with E-state index in [1.807, 2.05) is 0 Å². The smallest absolute Gasteiger partial charge is 0.317 e. The molecule has 0 saturated heterocycles. The third-order valence-corrected chi connectivity index (χ3v) is 3.57. The van der Waals surface area contributed by atoms with Crippen molar-refractivity contribution in [2.45, 2.75) is 52.0 Å². The number of hydrogen-bond donors (Lipinski definition) is 2. The molecular weight excluding hydrogens is 244 g/mol. The largest absolute Gasteiger partial charge is 0.480 e. The minimum absolute atomic E-state index is 0.0394. The summed E-state index contributed by atoms with van der Waals surface area (Å²) >= 11 is 0. The van der Waals surface area contributed by atoms with E-state index in [0.717, 1.165) is 32.1 Å². The first kappa shape index (κ1) is 16.0. The van der Waals surface area contributed by atoms with Gasteiger partial charge in [0, 0.05) is 12.6 Å². The van der Waals surface area contributed by atoms with E-state index in [9.17, 15) is 9.59 Å². The number of hydrogen-bond acceptors (Lipinski definition) is 3. The summed E-state index contributed by atoms with van der Waals surface area (Å²) in [6.07, 6.45) is 5.23. The molecule has 1 aliphatic rings. The maximum absolute atomic E-state index is 11.8. The zero-order valence-corrected chi connectivity index (χ0v) is 12.0. The van der Waals surface area contributed by atoms with Gasteiger partial charge in [-0.1, -0.05) is 26.7 Å². The van der Waals surface area contributed by atoms with Gasteiger partial charge in [-0.05, 0) is 25.2 Å². The summed E-state index contributed by atoms with van der Waals surface area (Å²) in [7, 11) is 0. The fraction of sp³-hybridized carbons (Fsp3) is 0.857. The average molecular weight is 270 g/mol. The van der Waals surface area contributed by atoms with Crippen molar-refractivity contribution in [3.05, 3.63) is 0 Å². The van der Waals surface area contributed by atoms with Crippen LogP contribution in [0.1, 0.15) is 46.0 Å². The molecule has 0 aromatic rings. The molecule has 110 valence electrons. The Kier molecular flexibility index (Phi) is 6.84. The lowest BCUT2D eigenvalue weighted by atomic mass is 10.1. The zero-order valence-electron chi connectivity index (χ0n) is 12.0. The van der Waals surface area contributed by atoms with E-state index < -0.39 is 5.97 Å². The van der Waals surface area contributed by atoms with E-state index >= 15 is 0 Å². The van der Waals surface area contributed by atoms with E-state index in [1.54, 1.807) is 4.90 Å². The number of nitrogens with zero attached hydrogens (tertiary/aromatic N) is 1. The SMILES string of the molecule is CC(C)CCNC(=O)CN(CC(=O)O)C1CCCC1. The Hall–Kier alpha value is -1.10. The Balaban J connectivity index is 2.38. The molecule has 0 radical (unpaired) electrons. The van der Waals surface area contributed by atoms with Crippen LogP contribution in [0.25, 0.3) is 0 Å². The molecule has 0 spiro atoms. The lowest BCUT2D eigenvalue weighted by Crippen LogP contribution is -2.44. The lowest BCUT2D eigenvalue weighted by Gasteiger charge is -2.26. The van der Waals surface area contributed by atoms with Gasteiger partial charge in [0.1, 0.15) is 0 Å². The zero-order chi connectivity index (χ0) is 14.3. The van der Waals surface area contributed by atoms with Crippen LogP contribution in [0, 0.1) is 5.92 Å². The van der Waals surface area contributed by atoms with Crippen molar-refractivity contribution >= 4 is 11.9 Å². The minimum atomic E-state index is -0.859. The van der Waals surface area contributed by atoms with E-state index in [2.05, 4.69) is 19.2 Å². The molecule has 5 heteroatoms. The molecule has 0 aromatic heterocycles. The number of aliphatic carboxylic acids is 1. The van der Waals surface area contributed by atoms with Gasteiger partial charge in [-0.25, -0.2) is 0 Å². The predicted molar refractivity (Wildman–Crippen MR) is 73.9 cm³/mol. The van der Waals surface area contributed by atoms with Crippen molar-refractivity contribution in [3.8, 4) is 0 Å². The summed E-state index contributed by atoms with van der Waals surface area (Å²) < 4.78 is 0. The molecule has 5 nitrogen and oxygen atoms in total. The molecule has 0 aliphatic heterocycles. The summed E-state index contributed by atoms with van der Waals surface area (Å²) in [5.74, 6) is -0.360. The lowest BCUT2D eigenvalue weighted by molar-refractivity contribution is -0.139. The summed E-state index contributed by atoms with van der Waals surface area (Å²) in [4.78, 5) is 24.5. The monoisotopic (exact) mass is 270 g/mol. The van der Waals surface area contributed by atoms with Gasteiger partial charge in [0.15, 0.2) is 0 Å². The second-order valence-electron chi connectivity index (χ2n) is 5.77. The number of rotatable bonds is 8. The molecule has 1 aliphatic carbocycles. The van der Waals surface area contributed by atoms with E-state index in [4.69, 9.17) is 5.11 Å². The quantitative estimate of drug-likeness (QED) is 0.701. The van der Waals surface area contributed by atoms with Gasteiger partial charge in [-0.15, -0.1) is 0 Å². The summed E-state index contributed by atoms with van der Waals surface area (Å²) in [5.41, 5.74) is 0. The highest BCUT2D eigenvalue weighted by molar-refractivity contribution is 5.79. The van der Waals surface area contributed by atoms with Crippen LogP contribution in [0.15, 0.2) is 0 Å². The first-order chi connectivity index (χ1) is 8.99. The van der Waals surface area contributed by atoms with Crippen molar-refractivity contribution in [3.63, 3.8) is 0 Å². The fourth-order valence-electron chi connectivity index (χ4n) is 2.50. The third kappa shape index (κ3) is 6.57. The molecule has 0 atom stereocenters. The molecule has 1 fully saturated rings. The van der Waals surface area contributed by atoms with Crippen molar-refractivity contribution in [2.75, 3.05) is 19.6 Å². The van der Waals surface area contributed by atoms with Gasteiger partial charge in [0.2, 0.25) is 5.91 Å². The number of amides is 1. The summed E-state index contributed by atoms with van der Waals surface area (Å²) in [6, 6.07) is 0.256. The van der Waals surface area contributed by atoms with Crippen LogP contribution in [0.5, 0.6) is 0 Å². The number of carboxylic acid groups (broad SMARTS) is 1. The Labute approximate surface area is 115 Å². The predicted octanol–water partition coefficient (Wildman–Crippen LogP) is 1.48. The molecule has 19 heavy (non-hydrogen) atoms. The van der Waals surface area contributed by atoms with Crippen molar-refractivity contribution in [1.82, 2.24) is 10.2 Å². The minimum Gasteiger partial charge on any atom is -0.480 e. The number of carboxylic acids is 1.